The summed E-state index contributed by atoms with van der Waals surface area (Å²) in [4.78, 5) is 0. The van der Waals surface area contributed by atoms with Gasteiger partial charge in [-0.05, 0) is 24.8 Å². The molecule has 0 heterocycles. The van der Waals surface area contributed by atoms with Gasteiger partial charge in [-0.25, -0.2) is 13.1 Å². The fourth-order valence-corrected chi connectivity index (χ4v) is 3.60. The van der Waals surface area contributed by atoms with E-state index in [9.17, 15) is 13.0 Å². The summed E-state index contributed by atoms with van der Waals surface area (Å²) in [6.07, 6.45) is 5.11. The first kappa shape index (κ1) is 17.1. The van der Waals surface area contributed by atoms with E-state index in [2.05, 4.69) is 4.72 Å². The minimum Gasteiger partial charge on any atom is -0.735 e. The van der Waals surface area contributed by atoms with E-state index >= 15 is 0 Å². The first-order chi connectivity index (χ1) is 8.49. The minimum atomic E-state index is -4.40. The largest absolute Gasteiger partial charge is 1.00 e. The minimum absolute atomic E-state index is 0. The van der Waals surface area contributed by atoms with E-state index in [-0.39, 0.29) is 29.6 Å². The average Bonchev–Trinajstić information content (AvgIpc) is 2.28. The molecule has 2 rings (SSSR count). The Balaban J connectivity index is 0.00000180. The maximum atomic E-state index is 11.0. The Morgan fingerprint density at radius 1 is 1.11 bits per heavy atom. The van der Waals surface area contributed by atoms with Gasteiger partial charge in [0.05, 0.1) is 0 Å². The quantitative estimate of drug-likeness (QED) is 0.571. The fourth-order valence-electron chi connectivity index (χ4n) is 2.80. The normalized spacial score (nSPS) is 18.6. The number of nitrogens with one attached hydrogen (secondary N) is 1. The number of hydrogen-bond donors (Lipinski definition) is 1. The molecule has 0 bridgehead atoms. The molecule has 1 fully saturated rings. The van der Waals surface area contributed by atoms with Gasteiger partial charge >= 0.3 is 29.6 Å². The molecule has 1 N–H and O–H groups in total. The predicted octanol–water partition coefficient (Wildman–Crippen LogP) is -1.01. The Morgan fingerprint density at radius 3 is 2.21 bits per heavy atom. The van der Waals surface area contributed by atoms with Crippen LogP contribution in [0.4, 0.5) is 0 Å². The summed E-state index contributed by atoms with van der Waals surface area (Å²) in [5, 5.41) is 0. The number of hydrogen-bond acceptors (Lipinski definition) is 3. The second-order valence-electron chi connectivity index (χ2n) is 5.06. The summed E-state index contributed by atoms with van der Waals surface area (Å²) in [5.41, 5.74) is 0.482. The van der Waals surface area contributed by atoms with Crippen LogP contribution >= 0.6 is 0 Å². The Labute approximate surface area is 137 Å². The number of rotatable bonds is 4. The SMILES string of the molecule is O=S(=O)([O-])NC1(Cc2ccccc2)CCCCC1.[Na+]. The Hall–Kier alpha value is 0.0900. The van der Waals surface area contributed by atoms with E-state index in [1.54, 1.807) is 0 Å². The van der Waals surface area contributed by atoms with Gasteiger partial charge in [-0.15, -0.1) is 0 Å². The van der Waals surface area contributed by atoms with E-state index in [4.69, 9.17) is 0 Å². The van der Waals surface area contributed by atoms with Crippen molar-refractivity contribution < 1.29 is 42.5 Å². The van der Waals surface area contributed by atoms with Crippen LogP contribution in [0.25, 0.3) is 0 Å². The molecular formula is C13H18NNaO3S. The smallest absolute Gasteiger partial charge is 0.735 e. The summed E-state index contributed by atoms with van der Waals surface area (Å²) in [6, 6.07) is 9.72. The van der Waals surface area contributed by atoms with Gasteiger partial charge < -0.3 is 4.55 Å². The van der Waals surface area contributed by atoms with Crippen molar-refractivity contribution in [2.75, 3.05) is 0 Å². The molecule has 1 aliphatic rings. The molecule has 0 aromatic heterocycles. The standard InChI is InChI=1S/C13H19NO3S.Na/c15-18(16,17)14-13(9-5-2-6-10-13)11-12-7-3-1-4-8-12;/h1,3-4,7-8,14H,2,5-6,9-11H2,(H,15,16,17);/q;+1/p-1. The van der Waals surface area contributed by atoms with Crippen LogP contribution in [0.1, 0.15) is 37.7 Å². The van der Waals surface area contributed by atoms with Crippen LogP contribution < -0.4 is 34.3 Å². The third kappa shape index (κ3) is 5.53. The van der Waals surface area contributed by atoms with E-state index in [1.807, 2.05) is 30.3 Å². The molecule has 1 saturated carbocycles. The van der Waals surface area contributed by atoms with Gasteiger partial charge in [-0.1, -0.05) is 49.6 Å². The van der Waals surface area contributed by atoms with Crippen molar-refractivity contribution >= 4 is 10.3 Å². The molecule has 0 spiro atoms. The Kier molecular flexibility index (Phi) is 6.50. The zero-order valence-electron chi connectivity index (χ0n) is 11.3. The fraction of sp³-hybridized carbons (Fsp3) is 0.538. The molecule has 0 saturated heterocycles. The maximum absolute atomic E-state index is 11.0. The molecule has 0 atom stereocenters. The zero-order valence-corrected chi connectivity index (χ0v) is 14.1. The number of benzene rings is 1. The van der Waals surface area contributed by atoms with Crippen LogP contribution in [-0.2, 0) is 16.7 Å². The first-order valence-corrected chi connectivity index (χ1v) is 7.69. The maximum Gasteiger partial charge on any atom is 1.00 e. The second-order valence-corrected chi connectivity index (χ2v) is 6.17. The van der Waals surface area contributed by atoms with Crippen molar-refractivity contribution in [2.45, 2.75) is 44.1 Å². The molecule has 6 heteroatoms. The van der Waals surface area contributed by atoms with Crippen molar-refractivity contribution in [2.24, 2.45) is 0 Å². The van der Waals surface area contributed by atoms with Gasteiger partial charge in [0.25, 0.3) is 0 Å². The summed E-state index contributed by atoms with van der Waals surface area (Å²) in [5.74, 6) is 0. The zero-order chi connectivity index (χ0) is 13.1. The van der Waals surface area contributed by atoms with Crippen LogP contribution in [0.3, 0.4) is 0 Å². The predicted molar refractivity (Wildman–Crippen MR) is 68.8 cm³/mol. The van der Waals surface area contributed by atoms with Gasteiger partial charge in [-0.2, -0.15) is 0 Å². The molecular weight excluding hydrogens is 273 g/mol. The molecule has 100 valence electrons. The molecule has 1 aliphatic carbocycles. The molecule has 1 aromatic carbocycles. The summed E-state index contributed by atoms with van der Waals surface area (Å²) < 4.78 is 35.4. The van der Waals surface area contributed by atoms with Crippen molar-refractivity contribution in [3.8, 4) is 0 Å². The van der Waals surface area contributed by atoms with Gasteiger partial charge in [0, 0.05) is 5.54 Å². The topological polar surface area (TPSA) is 69.2 Å². The van der Waals surface area contributed by atoms with Crippen LogP contribution in [0.5, 0.6) is 0 Å². The Bertz CT molecular complexity index is 484. The first-order valence-electron chi connectivity index (χ1n) is 6.28. The molecule has 1 aromatic rings. The van der Waals surface area contributed by atoms with Crippen molar-refractivity contribution in [1.29, 1.82) is 0 Å². The molecule has 0 unspecified atom stereocenters. The van der Waals surface area contributed by atoms with E-state index in [0.29, 0.717) is 6.42 Å². The van der Waals surface area contributed by atoms with Gasteiger partial charge in [0.15, 0.2) is 10.3 Å². The summed E-state index contributed by atoms with van der Waals surface area (Å²) in [6.45, 7) is 0. The average molecular weight is 291 g/mol. The van der Waals surface area contributed by atoms with Crippen LogP contribution in [-0.4, -0.2) is 18.5 Å². The molecule has 4 nitrogen and oxygen atoms in total. The van der Waals surface area contributed by atoms with Crippen molar-refractivity contribution in [3.05, 3.63) is 35.9 Å². The van der Waals surface area contributed by atoms with Crippen molar-refractivity contribution in [3.63, 3.8) is 0 Å². The van der Waals surface area contributed by atoms with E-state index in [1.165, 1.54) is 0 Å². The van der Waals surface area contributed by atoms with Crippen LogP contribution in [0.2, 0.25) is 0 Å². The van der Waals surface area contributed by atoms with Crippen molar-refractivity contribution in [1.82, 2.24) is 4.72 Å². The molecule has 0 aliphatic heterocycles. The molecule has 19 heavy (non-hydrogen) atoms. The monoisotopic (exact) mass is 291 g/mol. The van der Waals surface area contributed by atoms with Gasteiger partial charge in [-0.3, -0.25) is 0 Å². The van der Waals surface area contributed by atoms with Gasteiger partial charge in [0.2, 0.25) is 0 Å². The second kappa shape index (κ2) is 7.20. The summed E-state index contributed by atoms with van der Waals surface area (Å²) in [7, 11) is -4.40. The van der Waals surface area contributed by atoms with E-state index in [0.717, 1.165) is 37.7 Å². The van der Waals surface area contributed by atoms with E-state index < -0.39 is 15.8 Å². The molecule has 0 radical (unpaired) electrons. The summed E-state index contributed by atoms with van der Waals surface area (Å²) >= 11 is 0. The van der Waals surface area contributed by atoms with Crippen LogP contribution in [0.15, 0.2) is 30.3 Å². The Morgan fingerprint density at radius 2 is 1.68 bits per heavy atom. The third-order valence-corrected chi connectivity index (χ3v) is 4.22. The molecule has 0 amide bonds. The van der Waals surface area contributed by atoms with Crippen LogP contribution in [0, 0.1) is 0 Å². The van der Waals surface area contributed by atoms with Gasteiger partial charge in [0.1, 0.15) is 0 Å². The third-order valence-electron chi connectivity index (χ3n) is 3.54.